The van der Waals surface area contributed by atoms with Crippen molar-refractivity contribution in [2.45, 2.75) is 0 Å². The van der Waals surface area contributed by atoms with Gasteiger partial charge in [0, 0.05) is 15.8 Å². The summed E-state index contributed by atoms with van der Waals surface area (Å²) in [6, 6.07) is 8.54. The molecular formula is C13H10BrClFN3O. The van der Waals surface area contributed by atoms with Crippen LogP contribution in [0, 0.1) is 5.82 Å². The number of anilines is 3. The highest BCUT2D eigenvalue weighted by Crippen LogP contribution is 2.31. The Balaban J connectivity index is 2.13. The van der Waals surface area contributed by atoms with E-state index in [1.54, 1.807) is 24.3 Å². The molecule has 2 rings (SSSR count). The van der Waals surface area contributed by atoms with E-state index in [2.05, 4.69) is 26.6 Å². The Bertz CT molecular complexity index is 643. The van der Waals surface area contributed by atoms with Crippen molar-refractivity contribution in [2.24, 2.45) is 0 Å². The fraction of sp³-hybridized carbons (Fsp3) is 0. The van der Waals surface area contributed by atoms with Crippen LogP contribution in [0.1, 0.15) is 0 Å². The van der Waals surface area contributed by atoms with Crippen molar-refractivity contribution in [1.29, 1.82) is 0 Å². The topological polar surface area (TPSA) is 67.1 Å². The molecular weight excluding hydrogens is 349 g/mol. The molecule has 0 aliphatic rings. The minimum Gasteiger partial charge on any atom is -0.399 e. The normalized spacial score (nSPS) is 10.2. The van der Waals surface area contributed by atoms with Gasteiger partial charge in [0.2, 0.25) is 0 Å². The molecule has 7 heteroatoms. The number of carbonyl (C=O) groups excluding carboxylic acids is 1. The largest absolute Gasteiger partial charge is 0.399 e. The molecule has 0 heterocycles. The van der Waals surface area contributed by atoms with Crippen LogP contribution in [0.15, 0.2) is 40.9 Å². The van der Waals surface area contributed by atoms with E-state index in [-0.39, 0.29) is 10.7 Å². The number of rotatable bonds is 2. The number of benzene rings is 2. The van der Waals surface area contributed by atoms with Gasteiger partial charge in [-0.15, -0.1) is 0 Å². The van der Waals surface area contributed by atoms with Crippen LogP contribution in [0.4, 0.5) is 26.2 Å². The average Bonchev–Trinajstić information content (AvgIpc) is 2.33. The molecule has 20 heavy (non-hydrogen) atoms. The third-order valence-corrected chi connectivity index (χ3v) is 3.31. The molecule has 0 atom stereocenters. The van der Waals surface area contributed by atoms with Crippen molar-refractivity contribution >= 4 is 50.6 Å². The number of carbonyl (C=O) groups is 1. The lowest BCUT2D eigenvalue weighted by atomic mass is 10.3. The van der Waals surface area contributed by atoms with Crippen LogP contribution < -0.4 is 16.4 Å². The lowest BCUT2D eigenvalue weighted by Crippen LogP contribution is -2.20. The highest BCUT2D eigenvalue weighted by Gasteiger charge is 2.11. The van der Waals surface area contributed by atoms with E-state index < -0.39 is 11.8 Å². The molecule has 0 aromatic heterocycles. The molecule has 0 saturated heterocycles. The van der Waals surface area contributed by atoms with Crippen molar-refractivity contribution in [1.82, 2.24) is 0 Å². The minimum atomic E-state index is -0.509. The maximum atomic E-state index is 13.1. The number of nitrogen functional groups attached to an aromatic ring is 1. The maximum absolute atomic E-state index is 13.1. The minimum absolute atomic E-state index is 0.0969. The summed E-state index contributed by atoms with van der Waals surface area (Å²) in [6.45, 7) is 0. The quantitative estimate of drug-likeness (QED) is 0.693. The molecule has 0 aliphatic heterocycles. The average molecular weight is 359 g/mol. The molecule has 0 fully saturated rings. The fourth-order valence-electron chi connectivity index (χ4n) is 1.55. The molecule has 0 radical (unpaired) electrons. The third kappa shape index (κ3) is 3.61. The monoisotopic (exact) mass is 357 g/mol. The first-order valence-electron chi connectivity index (χ1n) is 5.54. The second kappa shape index (κ2) is 6.11. The predicted molar refractivity (Wildman–Crippen MR) is 82.6 cm³/mol. The second-order valence-electron chi connectivity index (χ2n) is 3.95. The van der Waals surface area contributed by atoms with Crippen LogP contribution in [0.2, 0.25) is 5.02 Å². The van der Waals surface area contributed by atoms with Crippen molar-refractivity contribution in [3.63, 3.8) is 0 Å². The van der Waals surface area contributed by atoms with Crippen molar-refractivity contribution in [3.8, 4) is 0 Å². The van der Waals surface area contributed by atoms with Crippen molar-refractivity contribution < 1.29 is 9.18 Å². The van der Waals surface area contributed by atoms with Crippen LogP contribution >= 0.6 is 27.5 Å². The Morgan fingerprint density at radius 1 is 1.25 bits per heavy atom. The molecule has 0 spiro atoms. The molecule has 104 valence electrons. The summed E-state index contributed by atoms with van der Waals surface area (Å²) >= 11 is 9.01. The Hall–Kier alpha value is -1.79. The summed E-state index contributed by atoms with van der Waals surface area (Å²) in [4.78, 5) is 11.8. The van der Waals surface area contributed by atoms with Gasteiger partial charge in [0.25, 0.3) is 0 Å². The van der Waals surface area contributed by atoms with Crippen LogP contribution in [0.5, 0.6) is 0 Å². The van der Waals surface area contributed by atoms with Crippen LogP contribution in [-0.4, -0.2) is 6.03 Å². The summed E-state index contributed by atoms with van der Waals surface area (Å²) in [7, 11) is 0. The Morgan fingerprint density at radius 3 is 2.65 bits per heavy atom. The lowest BCUT2D eigenvalue weighted by molar-refractivity contribution is 0.262. The molecule has 2 aromatic rings. The Kier molecular flexibility index (Phi) is 4.46. The lowest BCUT2D eigenvalue weighted by Gasteiger charge is -2.11. The van der Waals surface area contributed by atoms with Gasteiger partial charge in [-0.2, -0.15) is 0 Å². The van der Waals surface area contributed by atoms with Gasteiger partial charge in [-0.3, -0.25) is 0 Å². The van der Waals surface area contributed by atoms with Gasteiger partial charge in [0.05, 0.1) is 10.7 Å². The first-order chi connectivity index (χ1) is 9.45. The maximum Gasteiger partial charge on any atom is 0.323 e. The molecule has 2 amide bonds. The number of nitrogens with one attached hydrogen (secondary N) is 2. The van der Waals surface area contributed by atoms with E-state index in [0.717, 1.165) is 6.07 Å². The van der Waals surface area contributed by atoms with Gasteiger partial charge >= 0.3 is 6.03 Å². The standard InChI is InChI=1S/C13H10BrClFN3O/c14-10-4-7(16)5-11(15)12(10)19-13(20)18-9-3-1-2-8(17)6-9/h1-6H,17H2,(H2,18,19,20). The van der Waals surface area contributed by atoms with Gasteiger partial charge in [-0.1, -0.05) is 17.7 Å². The highest BCUT2D eigenvalue weighted by atomic mass is 79.9. The Morgan fingerprint density at radius 2 is 2.00 bits per heavy atom. The second-order valence-corrected chi connectivity index (χ2v) is 5.21. The number of halogens is 3. The summed E-state index contributed by atoms with van der Waals surface area (Å²) < 4.78 is 13.4. The van der Waals surface area contributed by atoms with Crippen molar-refractivity contribution in [2.75, 3.05) is 16.4 Å². The number of nitrogens with two attached hydrogens (primary N) is 1. The molecule has 4 N–H and O–H groups in total. The summed E-state index contributed by atoms with van der Waals surface area (Å²) in [5, 5.41) is 5.23. The van der Waals surface area contributed by atoms with Gasteiger partial charge in [0.15, 0.2) is 0 Å². The summed E-state index contributed by atoms with van der Waals surface area (Å²) in [5.74, 6) is -0.497. The van der Waals surface area contributed by atoms with Crippen LogP contribution in [0.3, 0.4) is 0 Å². The predicted octanol–water partition coefficient (Wildman–Crippen LogP) is 4.47. The SMILES string of the molecule is Nc1cccc(NC(=O)Nc2c(Cl)cc(F)cc2Br)c1. The molecule has 4 nitrogen and oxygen atoms in total. The first kappa shape index (κ1) is 14.6. The number of hydrogen-bond acceptors (Lipinski definition) is 2. The van der Waals surface area contributed by atoms with Crippen molar-refractivity contribution in [3.05, 3.63) is 51.7 Å². The zero-order valence-corrected chi connectivity index (χ0v) is 12.4. The number of amides is 2. The summed E-state index contributed by atoms with van der Waals surface area (Å²) in [6.07, 6.45) is 0. The molecule has 0 saturated carbocycles. The van der Waals surface area contributed by atoms with Gasteiger partial charge in [-0.25, -0.2) is 9.18 Å². The van der Waals surface area contributed by atoms with E-state index in [9.17, 15) is 9.18 Å². The molecule has 0 aliphatic carbocycles. The molecule has 0 bridgehead atoms. The fourth-order valence-corrected chi connectivity index (χ4v) is 2.45. The van der Waals surface area contributed by atoms with E-state index in [1.807, 2.05) is 0 Å². The Labute approximate surface area is 128 Å². The zero-order chi connectivity index (χ0) is 14.7. The molecule has 0 unspecified atom stereocenters. The van der Waals surface area contributed by atoms with E-state index in [4.69, 9.17) is 17.3 Å². The van der Waals surface area contributed by atoms with Gasteiger partial charge in [-0.05, 0) is 46.3 Å². The van der Waals surface area contributed by atoms with E-state index in [0.29, 0.717) is 15.8 Å². The third-order valence-electron chi connectivity index (χ3n) is 2.39. The number of urea groups is 1. The molecule has 2 aromatic carbocycles. The van der Waals surface area contributed by atoms with Gasteiger partial charge in [0.1, 0.15) is 5.82 Å². The van der Waals surface area contributed by atoms with Gasteiger partial charge < -0.3 is 16.4 Å². The van der Waals surface area contributed by atoms with Crippen LogP contribution in [-0.2, 0) is 0 Å². The zero-order valence-electron chi connectivity index (χ0n) is 10.1. The smallest absolute Gasteiger partial charge is 0.323 e. The highest BCUT2D eigenvalue weighted by molar-refractivity contribution is 9.10. The number of hydrogen-bond donors (Lipinski definition) is 3. The van der Waals surface area contributed by atoms with E-state index in [1.165, 1.54) is 6.07 Å². The van der Waals surface area contributed by atoms with Crippen LogP contribution in [0.25, 0.3) is 0 Å². The first-order valence-corrected chi connectivity index (χ1v) is 6.71. The summed E-state index contributed by atoms with van der Waals surface area (Å²) in [5.41, 5.74) is 6.97. The van der Waals surface area contributed by atoms with E-state index >= 15 is 0 Å².